The number of fused-ring (bicyclic) bond motifs is 1. The first kappa shape index (κ1) is 19.0. The second-order valence-electron chi connectivity index (χ2n) is 7.03. The molecule has 0 aliphatic rings. The van der Waals surface area contributed by atoms with Crippen LogP contribution in [-0.2, 0) is 6.54 Å². The van der Waals surface area contributed by atoms with Gasteiger partial charge in [0.2, 0.25) is 5.88 Å². The molecule has 0 amide bonds. The summed E-state index contributed by atoms with van der Waals surface area (Å²) in [6, 6.07) is 16.0. The molecule has 0 aliphatic heterocycles. The van der Waals surface area contributed by atoms with Crippen molar-refractivity contribution in [3.8, 4) is 16.5 Å². The summed E-state index contributed by atoms with van der Waals surface area (Å²) in [5, 5.41) is 15.0. The topological polar surface area (TPSA) is 111 Å². The van der Waals surface area contributed by atoms with Gasteiger partial charge in [0, 0.05) is 16.2 Å². The second kappa shape index (κ2) is 7.69. The molecule has 31 heavy (non-hydrogen) atoms. The Kier molecular flexibility index (Phi) is 4.72. The molecule has 0 saturated heterocycles. The van der Waals surface area contributed by atoms with Crippen molar-refractivity contribution in [3.63, 3.8) is 0 Å². The zero-order valence-corrected chi connectivity index (χ0v) is 17.3. The smallest absolute Gasteiger partial charge is 0.326 e. The lowest BCUT2D eigenvalue weighted by atomic mass is 10.2. The lowest BCUT2D eigenvalue weighted by Crippen LogP contribution is -2.18. The highest BCUT2D eigenvalue weighted by Gasteiger charge is 2.10. The minimum Gasteiger partial charge on any atom is -0.493 e. The van der Waals surface area contributed by atoms with Gasteiger partial charge in [0.1, 0.15) is 5.69 Å². The van der Waals surface area contributed by atoms with E-state index in [4.69, 9.17) is 9.98 Å². The van der Waals surface area contributed by atoms with E-state index < -0.39 is 5.69 Å². The van der Waals surface area contributed by atoms with Crippen molar-refractivity contribution in [2.75, 3.05) is 0 Å². The van der Waals surface area contributed by atoms with Crippen LogP contribution in [0.15, 0.2) is 64.5 Å². The van der Waals surface area contributed by atoms with Crippen LogP contribution in [0.1, 0.15) is 16.1 Å². The minimum atomic E-state index is -0.485. The standard InChI is InChI=1S/C22H18N6O2S/c1-13-7-8-18(31-13)16-10-19(23-11-14-5-3-2-4-6-14)28-20(25-16)15(12-24-28)9-17-21(29)27-22(30)26-17/h2-10,12,29H,11H2,1H3,(H2,26,27,30)/b15-9-,23-19?. The van der Waals surface area contributed by atoms with Crippen LogP contribution in [0, 0.1) is 6.92 Å². The van der Waals surface area contributed by atoms with Crippen molar-refractivity contribution in [1.82, 2.24) is 24.6 Å². The number of aromatic amines is 2. The molecule has 0 bridgehead atoms. The second-order valence-corrected chi connectivity index (χ2v) is 8.32. The molecular formula is C22H18N6O2S. The number of aromatic nitrogens is 5. The number of aryl methyl sites for hydroxylation is 1. The van der Waals surface area contributed by atoms with Crippen LogP contribution in [0.3, 0.4) is 0 Å². The molecule has 0 aliphatic carbocycles. The van der Waals surface area contributed by atoms with Gasteiger partial charge in [-0.05, 0) is 30.7 Å². The molecule has 0 radical (unpaired) electrons. The highest BCUT2D eigenvalue weighted by molar-refractivity contribution is 7.15. The number of imidazole rings is 1. The maximum absolute atomic E-state index is 11.5. The van der Waals surface area contributed by atoms with E-state index in [1.807, 2.05) is 42.5 Å². The Morgan fingerprint density at radius 3 is 2.74 bits per heavy atom. The van der Waals surface area contributed by atoms with Crippen LogP contribution >= 0.6 is 11.3 Å². The van der Waals surface area contributed by atoms with Crippen molar-refractivity contribution >= 4 is 23.1 Å². The van der Waals surface area contributed by atoms with Crippen molar-refractivity contribution in [2.24, 2.45) is 4.99 Å². The summed E-state index contributed by atoms with van der Waals surface area (Å²) in [7, 11) is 0. The maximum Gasteiger partial charge on any atom is 0.326 e. The number of thiophene rings is 1. The molecule has 0 atom stereocenters. The highest BCUT2D eigenvalue weighted by atomic mass is 32.1. The molecule has 1 aromatic carbocycles. The summed E-state index contributed by atoms with van der Waals surface area (Å²) < 4.78 is 1.67. The number of hydrogen-bond acceptors (Lipinski definition) is 6. The van der Waals surface area contributed by atoms with Crippen molar-refractivity contribution in [3.05, 3.63) is 92.1 Å². The molecule has 154 valence electrons. The van der Waals surface area contributed by atoms with Crippen molar-refractivity contribution in [2.45, 2.75) is 13.5 Å². The number of nitrogens with one attached hydrogen (secondary N) is 2. The molecule has 4 heterocycles. The normalized spacial score (nSPS) is 12.8. The van der Waals surface area contributed by atoms with Gasteiger partial charge in [0.15, 0.2) is 11.1 Å². The summed E-state index contributed by atoms with van der Waals surface area (Å²) in [6.45, 7) is 2.56. The average molecular weight is 430 g/mol. The molecule has 0 saturated carbocycles. The summed E-state index contributed by atoms with van der Waals surface area (Å²) in [5.74, 6) is -0.233. The number of H-pyrrole nitrogens is 2. The summed E-state index contributed by atoms with van der Waals surface area (Å²) in [5.41, 5.74) is 2.91. The molecule has 0 spiro atoms. The Morgan fingerprint density at radius 1 is 1.19 bits per heavy atom. The van der Waals surface area contributed by atoms with Gasteiger partial charge >= 0.3 is 5.69 Å². The first-order valence-electron chi connectivity index (χ1n) is 9.60. The van der Waals surface area contributed by atoms with E-state index in [1.165, 1.54) is 4.88 Å². The minimum absolute atomic E-state index is 0.233. The van der Waals surface area contributed by atoms with Gasteiger partial charge in [-0.2, -0.15) is 9.61 Å². The van der Waals surface area contributed by atoms with Gasteiger partial charge in [-0.25, -0.2) is 9.78 Å². The lowest BCUT2D eigenvalue weighted by molar-refractivity contribution is 0.454. The van der Waals surface area contributed by atoms with E-state index in [0.29, 0.717) is 22.9 Å². The van der Waals surface area contributed by atoms with Crippen molar-refractivity contribution in [1.29, 1.82) is 0 Å². The Balaban J connectivity index is 1.73. The fourth-order valence-corrected chi connectivity index (χ4v) is 4.11. The monoisotopic (exact) mass is 430 g/mol. The summed E-state index contributed by atoms with van der Waals surface area (Å²) in [4.78, 5) is 28.1. The van der Waals surface area contributed by atoms with Crippen LogP contribution in [0.25, 0.3) is 22.3 Å². The van der Waals surface area contributed by atoms with Crippen LogP contribution in [0.2, 0.25) is 0 Å². The van der Waals surface area contributed by atoms with Gasteiger partial charge in [-0.3, -0.25) is 9.98 Å². The molecule has 3 N–H and O–H groups in total. The van der Waals surface area contributed by atoms with E-state index in [1.54, 1.807) is 28.1 Å². The Hall–Kier alpha value is -3.98. The summed E-state index contributed by atoms with van der Waals surface area (Å²) in [6.07, 6.45) is 3.27. The molecule has 5 aromatic rings. The average Bonchev–Trinajstić information content (AvgIpc) is 3.46. The van der Waals surface area contributed by atoms with Crippen LogP contribution < -0.4 is 16.4 Å². The fourth-order valence-electron chi connectivity index (χ4n) is 3.28. The first-order valence-corrected chi connectivity index (χ1v) is 10.4. The summed E-state index contributed by atoms with van der Waals surface area (Å²) >= 11 is 1.65. The number of rotatable bonds is 4. The Labute approximate surface area is 179 Å². The molecule has 8 nitrogen and oxygen atoms in total. The van der Waals surface area contributed by atoms with Gasteiger partial charge in [-0.15, -0.1) is 11.3 Å². The molecular weight excluding hydrogens is 412 g/mol. The molecule has 9 heteroatoms. The zero-order chi connectivity index (χ0) is 21.4. The number of aromatic hydroxyl groups is 1. The van der Waals surface area contributed by atoms with Gasteiger partial charge in [0.05, 0.1) is 23.3 Å². The fraction of sp³-hybridized carbons (Fsp3) is 0.0909. The zero-order valence-electron chi connectivity index (χ0n) is 16.5. The Bertz CT molecular complexity index is 1560. The lowest BCUT2D eigenvalue weighted by Gasteiger charge is -2.01. The van der Waals surface area contributed by atoms with E-state index in [0.717, 1.165) is 16.1 Å². The third-order valence-electron chi connectivity index (χ3n) is 4.77. The van der Waals surface area contributed by atoms with Crippen LogP contribution in [0.5, 0.6) is 5.88 Å². The highest BCUT2D eigenvalue weighted by Crippen LogP contribution is 2.25. The number of hydrogen-bond donors (Lipinski definition) is 3. The molecule has 5 rings (SSSR count). The first-order chi connectivity index (χ1) is 15.1. The van der Waals surface area contributed by atoms with Gasteiger partial charge in [0.25, 0.3) is 0 Å². The van der Waals surface area contributed by atoms with Crippen LogP contribution in [-0.4, -0.2) is 29.7 Å². The Morgan fingerprint density at radius 2 is 2.03 bits per heavy atom. The molecule has 4 aromatic heterocycles. The largest absolute Gasteiger partial charge is 0.493 e. The van der Waals surface area contributed by atoms with E-state index in [9.17, 15) is 9.90 Å². The number of benzene rings is 1. The SMILES string of the molecule is Cc1ccc(-c2cc(=NCc3ccccc3)n3nc/c(=C/c4[nH]c(=O)[nH]c4O)c3n2)s1. The molecule has 0 unspecified atom stereocenters. The van der Waals surface area contributed by atoms with Gasteiger partial charge in [-0.1, -0.05) is 30.3 Å². The third kappa shape index (κ3) is 3.78. The maximum atomic E-state index is 11.5. The van der Waals surface area contributed by atoms with Gasteiger partial charge < -0.3 is 10.1 Å². The third-order valence-corrected chi connectivity index (χ3v) is 5.80. The van der Waals surface area contributed by atoms with E-state index in [-0.39, 0.29) is 11.6 Å². The quantitative estimate of drug-likeness (QED) is 0.406. The van der Waals surface area contributed by atoms with E-state index >= 15 is 0 Å². The van der Waals surface area contributed by atoms with Crippen molar-refractivity contribution < 1.29 is 5.11 Å². The van der Waals surface area contributed by atoms with E-state index in [2.05, 4.69) is 28.1 Å². The molecule has 0 fully saturated rings. The number of nitrogens with zero attached hydrogens (tertiary/aromatic N) is 4. The van der Waals surface area contributed by atoms with Crippen LogP contribution in [0.4, 0.5) is 0 Å². The predicted octanol–water partition coefficient (Wildman–Crippen LogP) is 2.14. The predicted molar refractivity (Wildman–Crippen MR) is 119 cm³/mol.